The molecule has 3 atom stereocenters. The molecular formula is C70H55N. The molecule has 2 saturated carbocycles. The van der Waals surface area contributed by atoms with E-state index >= 15 is 0 Å². The zero-order chi connectivity index (χ0) is 47.3. The van der Waals surface area contributed by atoms with E-state index in [0.29, 0.717) is 5.92 Å². The minimum Gasteiger partial charge on any atom is -0.310 e. The Balaban J connectivity index is 0.883. The molecule has 2 fully saturated rings. The summed E-state index contributed by atoms with van der Waals surface area (Å²) in [5.41, 5.74) is 27.2. The van der Waals surface area contributed by atoms with Crippen LogP contribution in [0.1, 0.15) is 61.8 Å². The van der Waals surface area contributed by atoms with Gasteiger partial charge >= 0.3 is 0 Å². The predicted molar refractivity (Wildman–Crippen MR) is 298 cm³/mol. The molecule has 0 radical (unpaired) electrons. The third kappa shape index (κ3) is 6.52. The van der Waals surface area contributed by atoms with E-state index in [0.717, 1.165) is 11.6 Å². The molecule has 10 aromatic carbocycles. The number of fused-ring (bicyclic) bond motifs is 11. The van der Waals surface area contributed by atoms with Crippen molar-refractivity contribution in [3.05, 3.63) is 259 Å². The lowest BCUT2D eigenvalue weighted by Crippen LogP contribution is -2.32. The van der Waals surface area contributed by atoms with Crippen LogP contribution in [0.15, 0.2) is 237 Å². The van der Waals surface area contributed by atoms with Gasteiger partial charge in [0.1, 0.15) is 0 Å². The van der Waals surface area contributed by atoms with Crippen LogP contribution in [0.3, 0.4) is 0 Å². The lowest BCUT2D eigenvalue weighted by atomic mass is 9.67. The average Bonchev–Trinajstić information content (AvgIpc) is 4.19. The minimum absolute atomic E-state index is 0.0757. The first-order chi connectivity index (χ1) is 34.9. The number of nitrogens with zero attached hydrogens (tertiary/aromatic N) is 1. The summed E-state index contributed by atoms with van der Waals surface area (Å²) in [7, 11) is 0. The molecule has 1 spiro atoms. The van der Waals surface area contributed by atoms with Gasteiger partial charge in [0.15, 0.2) is 0 Å². The van der Waals surface area contributed by atoms with Gasteiger partial charge in [-0.1, -0.05) is 227 Å². The molecule has 0 heterocycles. The van der Waals surface area contributed by atoms with Crippen molar-refractivity contribution < 1.29 is 0 Å². The molecule has 14 rings (SSSR count). The maximum atomic E-state index is 2.59. The first-order valence-corrected chi connectivity index (χ1v) is 25.8. The second-order valence-electron chi connectivity index (χ2n) is 21.2. The highest BCUT2D eigenvalue weighted by molar-refractivity contribution is 5.95. The highest BCUT2D eigenvalue weighted by atomic mass is 15.1. The second-order valence-corrected chi connectivity index (χ2v) is 21.2. The van der Waals surface area contributed by atoms with Gasteiger partial charge in [-0.25, -0.2) is 0 Å². The fraction of sp³-hybridized carbons (Fsp3) is 0.143. The van der Waals surface area contributed by atoms with Crippen LogP contribution in [-0.2, 0) is 10.8 Å². The van der Waals surface area contributed by atoms with Crippen LogP contribution < -0.4 is 4.90 Å². The van der Waals surface area contributed by atoms with Crippen LogP contribution >= 0.6 is 0 Å². The third-order valence-corrected chi connectivity index (χ3v) is 17.2. The summed E-state index contributed by atoms with van der Waals surface area (Å²) in [6, 6.07) is 88.8. The highest BCUT2D eigenvalue weighted by Crippen LogP contribution is 2.66. The number of para-hydroxylation sites is 1. The van der Waals surface area contributed by atoms with Crippen LogP contribution in [0.4, 0.5) is 17.1 Å². The van der Waals surface area contributed by atoms with Crippen molar-refractivity contribution >= 4 is 17.1 Å². The quantitative estimate of drug-likeness (QED) is 0.147. The Morgan fingerprint density at radius 2 is 0.831 bits per heavy atom. The van der Waals surface area contributed by atoms with E-state index in [9.17, 15) is 0 Å². The molecule has 2 bridgehead atoms. The predicted octanol–water partition coefficient (Wildman–Crippen LogP) is 18.9. The summed E-state index contributed by atoms with van der Waals surface area (Å²) in [4.78, 5) is 2.54. The molecule has 1 nitrogen and oxygen atoms in total. The van der Waals surface area contributed by atoms with Gasteiger partial charge in [-0.3, -0.25) is 0 Å². The number of rotatable bonds is 8. The zero-order valence-corrected chi connectivity index (χ0v) is 40.4. The maximum Gasteiger partial charge on any atom is 0.0540 e. The molecule has 0 saturated heterocycles. The monoisotopic (exact) mass is 909 g/mol. The molecular weight excluding hydrogens is 855 g/mol. The Morgan fingerprint density at radius 1 is 0.352 bits per heavy atom. The molecule has 0 amide bonds. The van der Waals surface area contributed by atoms with E-state index in [1.54, 1.807) is 5.56 Å². The summed E-state index contributed by atoms with van der Waals surface area (Å²) in [5, 5.41) is 0. The molecule has 340 valence electrons. The van der Waals surface area contributed by atoms with E-state index in [1.165, 1.54) is 132 Å². The van der Waals surface area contributed by atoms with Gasteiger partial charge in [0.05, 0.1) is 5.69 Å². The van der Waals surface area contributed by atoms with Crippen molar-refractivity contribution in [2.24, 2.45) is 11.8 Å². The van der Waals surface area contributed by atoms with Gasteiger partial charge in [0.2, 0.25) is 0 Å². The van der Waals surface area contributed by atoms with E-state index < -0.39 is 0 Å². The highest BCUT2D eigenvalue weighted by Gasteiger charge is 2.56. The van der Waals surface area contributed by atoms with Crippen LogP contribution in [0, 0.1) is 11.8 Å². The number of benzene rings is 10. The van der Waals surface area contributed by atoms with E-state index in [4.69, 9.17) is 0 Å². The smallest absolute Gasteiger partial charge is 0.0540 e. The molecule has 0 aromatic heterocycles. The molecule has 71 heavy (non-hydrogen) atoms. The summed E-state index contributed by atoms with van der Waals surface area (Å²) in [6.07, 6.45) is 5.29. The van der Waals surface area contributed by atoms with Gasteiger partial charge in [0, 0.05) is 27.8 Å². The van der Waals surface area contributed by atoms with E-state index in [2.05, 4.69) is 255 Å². The maximum absolute atomic E-state index is 2.59. The van der Waals surface area contributed by atoms with Gasteiger partial charge in [-0.15, -0.1) is 0 Å². The van der Waals surface area contributed by atoms with Crippen molar-refractivity contribution in [2.45, 2.75) is 50.4 Å². The van der Waals surface area contributed by atoms with Crippen molar-refractivity contribution in [2.75, 3.05) is 4.90 Å². The van der Waals surface area contributed by atoms with Crippen molar-refractivity contribution in [1.29, 1.82) is 0 Å². The van der Waals surface area contributed by atoms with Crippen LogP contribution in [0.25, 0.3) is 77.9 Å². The normalized spacial score (nSPS) is 18.5. The zero-order valence-electron chi connectivity index (χ0n) is 40.4. The summed E-state index contributed by atoms with van der Waals surface area (Å²) >= 11 is 0. The summed E-state index contributed by atoms with van der Waals surface area (Å²) in [5.74, 6) is 1.49. The van der Waals surface area contributed by atoms with Crippen molar-refractivity contribution in [3.8, 4) is 77.9 Å². The lowest BCUT2D eigenvalue weighted by Gasteiger charge is -2.37. The summed E-state index contributed by atoms with van der Waals surface area (Å²) in [6.45, 7) is 4.78. The van der Waals surface area contributed by atoms with Gasteiger partial charge < -0.3 is 4.90 Å². The SMILES string of the molecule is CC1(C)c2ccccc2-c2cccc(-c3ccccc3-c3ccc(N(c4ccc5c(c4)C4(CC6CCC4C6)c4ccccc4-5)c4ccccc4-c4ccc(-c5ccc(-c6ccccc6)cc5)cc4)cc3)c21. The average molecular weight is 910 g/mol. The van der Waals surface area contributed by atoms with Gasteiger partial charge in [-0.05, 0) is 156 Å². The number of hydrogen-bond acceptors (Lipinski definition) is 1. The molecule has 0 N–H and O–H groups in total. The van der Waals surface area contributed by atoms with Crippen molar-refractivity contribution in [3.63, 3.8) is 0 Å². The van der Waals surface area contributed by atoms with Crippen molar-refractivity contribution in [1.82, 2.24) is 0 Å². The Morgan fingerprint density at radius 3 is 1.49 bits per heavy atom. The van der Waals surface area contributed by atoms with Gasteiger partial charge in [-0.2, -0.15) is 0 Å². The third-order valence-electron chi connectivity index (χ3n) is 17.2. The second kappa shape index (κ2) is 16.3. The van der Waals surface area contributed by atoms with Crippen LogP contribution in [0.5, 0.6) is 0 Å². The Labute approximate surface area is 418 Å². The minimum atomic E-state index is -0.115. The lowest BCUT2D eigenvalue weighted by molar-refractivity contribution is 0.327. The van der Waals surface area contributed by atoms with E-state index in [-0.39, 0.29) is 10.8 Å². The Hall–Kier alpha value is -8.00. The van der Waals surface area contributed by atoms with E-state index in [1.807, 2.05) is 0 Å². The molecule has 10 aromatic rings. The Kier molecular flexibility index (Phi) is 9.62. The Bertz CT molecular complexity index is 3670. The molecule has 4 aliphatic rings. The van der Waals surface area contributed by atoms with Crippen LogP contribution in [0.2, 0.25) is 0 Å². The molecule has 1 heteroatoms. The number of hydrogen-bond donors (Lipinski definition) is 0. The number of anilines is 3. The molecule has 4 aliphatic carbocycles. The fourth-order valence-electron chi connectivity index (χ4n) is 14.0. The van der Waals surface area contributed by atoms with Gasteiger partial charge in [0.25, 0.3) is 0 Å². The fourth-order valence-corrected chi connectivity index (χ4v) is 14.0. The standard InChI is InChI=1S/C70H55N/c1-69(2)64-24-11-8-21-60(64)63-23-14-22-62(68(63)69)58-19-7-6-17-56(58)51-36-39-54(40-37-51)71(55-41-42-61-59-20-9-12-25-65(59)70(66(61)44-55)45-46-27-38-53(70)43-46)67-26-13-10-18-57(67)52-34-32-50(33-35-52)49-30-28-48(29-31-49)47-15-4-3-5-16-47/h3-26,28-37,39-42,44,46,53H,27,38,43,45H2,1-2H3. The molecule has 0 aliphatic heterocycles. The topological polar surface area (TPSA) is 3.24 Å². The summed E-state index contributed by atoms with van der Waals surface area (Å²) < 4.78 is 0. The van der Waals surface area contributed by atoms with Crippen LogP contribution in [-0.4, -0.2) is 0 Å². The first kappa shape index (κ1) is 41.9. The largest absolute Gasteiger partial charge is 0.310 e. The first-order valence-electron chi connectivity index (χ1n) is 25.8. The molecule has 3 unspecified atom stereocenters.